The van der Waals surface area contributed by atoms with Gasteiger partial charge >= 0.3 is 0 Å². The number of aryl methyl sites for hydroxylation is 7. The topological polar surface area (TPSA) is 38.7 Å². The van der Waals surface area contributed by atoms with Gasteiger partial charge in [-0.15, -0.1) is 0 Å². The van der Waals surface area contributed by atoms with Gasteiger partial charge in [-0.2, -0.15) is 0 Å². The van der Waals surface area contributed by atoms with Gasteiger partial charge in [0, 0.05) is 33.4 Å². The molecule has 3 heteroatoms. The Morgan fingerprint density at radius 1 is 0.138 bits per heavy atom. The second-order valence-electron chi connectivity index (χ2n) is 29.0. The smallest absolute Gasteiger partial charge is 0.0715 e. The molecule has 0 bridgehead atoms. The van der Waals surface area contributed by atoms with E-state index in [2.05, 4.69) is 425 Å². The fourth-order valence-corrected chi connectivity index (χ4v) is 14.9. The monoisotopic (exact) mass is 1400 g/mol. The molecule has 0 aliphatic carbocycles. The van der Waals surface area contributed by atoms with Crippen LogP contribution in [0.2, 0.25) is 0 Å². The number of aromatic nitrogens is 3. The van der Waals surface area contributed by atoms with Crippen molar-refractivity contribution in [3.63, 3.8) is 0 Å². The van der Waals surface area contributed by atoms with E-state index in [0.29, 0.717) is 0 Å². The molecule has 3 nitrogen and oxygen atoms in total. The molecule has 0 aliphatic rings. The minimum atomic E-state index is 0.988. The van der Waals surface area contributed by atoms with E-state index < -0.39 is 0 Å². The van der Waals surface area contributed by atoms with E-state index >= 15 is 0 Å². The summed E-state index contributed by atoms with van der Waals surface area (Å²) in [5.74, 6) is 0. The highest BCUT2D eigenvalue weighted by molar-refractivity contribution is 6.14. The zero-order valence-electron chi connectivity index (χ0n) is 62.6. The maximum Gasteiger partial charge on any atom is 0.0715 e. The Morgan fingerprint density at radius 2 is 0.394 bits per heavy atom. The van der Waals surface area contributed by atoms with Crippen LogP contribution < -0.4 is 0 Å². The highest BCUT2D eigenvalue weighted by Gasteiger charge is 2.16. The molecule has 0 saturated carbocycles. The standard InChI is InChI=1S/C39H29N.C35H27N.C32H27N/c1-26-9-7-12-31(21-26)38-24-33(25-39(40-38)32-13-8-10-27(2)22-32)28-17-19-29(20-18-28)37-23-30-11-3-4-14-34(30)35-15-5-6-16-36(35)37;1-24-7-5-11-31(19-24)34-22-33(23-35(36-34)32-12-6-8-25(2)20-32)28-15-13-27(14-16-28)30-18-17-26-9-3-4-10-29(26)21-30;1-22-8-4-11-25(16-22)26-12-7-13-27(19-26)30-20-31(28-14-5-9-23(2)17-28)33-32(21-30)29-15-6-10-24(3)18-29/h3-25H,1-2H3;3-23H,1-2H3;4-21H,1-3H3. The number of nitrogens with zero attached hydrogens (tertiary/aromatic N) is 3. The van der Waals surface area contributed by atoms with Gasteiger partial charge in [0.25, 0.3) is 0 Å². The fraction of sp³-hybridized carbons (Fsp3) is 0.0660. The molecule has 0 radical (unpaired) electrons. The average Bonchev–Trinajstić information content (AvgIpc) is 0.767. The van der Waals surface area contributed by atoms with Crippen molar-refractivity contribution in [2.45, 2.75) is 48.5 Å². The first-order valence-corrected chi connectivity index (χ1v) is 37.6. The van der Waals surface area contributed by atoms with Crippen LogP contribution in [0.1, 0.15) is 38.9 Å². The van der Waals surface area contributed by atoms with Crippen LogP contribution in [0, 0.1) is 48.5 Å². The molecule has 0 aliphatic heterocycles. The molecule has 0 fully saturated rings. The van der Waals surface area contributed by atoms with Gasteiger partial charge in [0.15, 0.2) is 0 Å². The van der Waals surface area contributed by atoms with Crippen LogP contribution in [0.3, 0.4) is 0 Å². The number of pyridine rings is 3. The van der Waals surface area contributed by atoms with Gasteiger partial charge in [-0.1, -0.05) is 324 Å². The zero-order valence-corrected chi connectivity index (χ0v) is 62.6. The van der Waals surface area contributed by atoms with E-state index in [1.165, 1.54) is 132 Å². The fourth-order valence-electron chi connectivity index (χ4n) is 14.9. The highest BCUT2D eigenvalue weighted by atomic mass is 14.7. The van der Waals surface area contributed by atoms with Gasteiger partial charge < -0.3 is 0 Å². The summed E-state index contributed by atoms with van der Waals surface area (Å²) >= 11 is 0. The van der Waals surface area contributed by atoms with Crippen LogP contribution in [0.25, 0.3) is 167 Å². The van der Waals surface area contributed by atoms with Crippen molar-refractivity contribution in [2.75, 3.05) is 0 Å². The van der Waals surface area contributed by atoms with Crippen molar-refractivity contribution < 1.29 is 0 Å². The molecule has 522 valence electrons. The van der Waals surface area contributed by atoms with Gasteiger partial charge in [0.2, 0.25) is 0 Å². The minimum absolute atomic E-state index is 0.988. The summed E-state index contributed by atoms with van der Waals surface area (Å²) in [6, 6.07) is 135. The Kier molecular flexibility index (Phi) is 20.1. The summed E-state index contributed by atoms with van der Waals surface area (Å²) in [7, 11) is 0. The van der Waals surface area contributed by atoms with E-state index in [0.717, 1.165) is 73.1 Å². The molecule has 0 saturated heterocycles. The van der Waals surface area contributed by atoms with Crippen LogP contribution in [0.4, 0.5) is 0 Å². The summed E-state index contributed by atoms with van der Waals surface area (Å²) in [5, 5.41) is 7.66. The number of hydrogen-bond donors (Lipinski definition) is 0. The van der Waals surface area contributed by atoms with E-state index in [1.807, 2.05) is 0 Å². The second kappa shape index (κ2) is 31.3. The second-order valence-corrected chi connectivity index (χ2v) is 29.0. The molecule has 3 aromatic heterocycles. The van der Waals surface area contributed by atoms with Crippen LogP contribution in [0.5, 0.6) is 0 Å². The third-order valence-electron chi connectivity index (χ3n) is 20.5. The minimum Gasteiger partial charge on any atom is -0.248 e. The lowest BCUT2D eigenvalue weighted by Gasteiger charge is -2.13. The van der Waals surface area contributed by atoms with Crippen LogP contribution in [-0.4, -0.2) is 15.0 Å². The molecule has 0 amide bonds. The first-order valence-electron chi connectivity index (χ1n) is 37.6. The summed E-state index contributed by atoms with van der Waals surface area (Å²) in [5.41, 5.74) is 35.9. The summed E-state index contributed by atoms with van der Waals surface area (Å²) in [4.78, 5) is 15.3. The molecule has 15 aromatic carbocycles. The average molecular weight is 1400 g/mol. The molecule has 0 atom stereocenters. The number of benzene rings is 15. The Morgan fingerprint density at radius 3 is 0.780 bits per heavy atom. The van der Waals surface area contributed by atoms with Crippen molar-refractivity contribution in [1.82, 2.24) is 15.0 Å². The van der Waals surface area contributed by atoms with Crippen molar-refractivity contribution >= 4 is 32.3 Å². The van der Waals surface area contributed by atoms with Crippen LogP contribution in [-0.2, 0) is 0 Å². The SMILES string of the molecule is Cc1cccc(-c2cc(-c3ccc(-c4cc5ccccc5c5ccccc45)cc3)cc(-c3cccc(C)c3)n2)c1.Cc1cccc(-c2cc(-c3ccc(-c4ccc5ccccc5c4)cc3)cc(-c3cccc(C)c3)n2)c1.Cc1cccc(-c2cccc(-c3cc(-c4cccc(C)c4)nc(-c4cccc(C)c4)c3)c2)c1. The normalized spacial score (nSPS) is 11.1. The van der Waals surface area contributed by atoms with Gasteiger partial charge in [-0.3, -0.25) is 0 Å². The molecule has 109 heavy (non-hydrogen) atoms. The van der Waals surface area contributed by atoms with Crippen molar-refractivity contribution in [3.8, 4) is 134 Å². The van der Waals surface area contributed by atoms with E-state index in [9.17, 15) is 0 Å². The van der Waals surface area contributed by atoms with E-state index in [-0.39, 0.29) is 0 Å². The highest BCUT2D eigenvalue weighted by Crippen LogP contribution is 2.40. The van der Waals surface area contributed by atoms with Gasteiger partial charge in [-0.05, 0) is 239 Å². The van der Waals surface area contributed by atoms with Gasteiger partial charge in [-0.25, -0.2) is 15.0 Å². The molecule has 18 rings (SSSR count). The maximum atomic E-state index is 5.11. The lowest BCUT2D eigenvalue weighted by molar-refractivity contribution is 1.31. The van der Waals surface area contributed by atoms with Crippen molar-refractivity contribution in [1.29, 1.82) is 0 Å². The number of fused-ring (bicyclic) bond motifs is 4. The molecule has 3 heterocycles. The quantitative estimate of drug-likeness (QED) is 0.114. The number of rotatable bonds is 12. The van der Waals surface area contributed by atoms with Gasteiger partial charge in [0.05, 0.1) is 34.2 Å². The molecule has 18 aromatic rings. The lowest BCUT2D eigenvalue weighted by atomic mass is 9.92. The summed E-state index contributed by atoms with van der Waals surface area (Å²) in [6.07, 6.45) is 0. The van der Waals surface area contributed by atoms with E-state index in [4.69, 9.17) is 15.0 Å². The molecule has 0 unspecified atom stereocenters. The predicted molar refractivity (Wildman–Crippen MR) is 464 cm³/mol. The van der Waals surface area contributed by atoms with Crippen molar-refractivity contribution in [2.24, 2.45) is 0 Å². The summed E-state index contributed by atoms with van der Waals surface area (Å²) in [6.45, 7) is 14.9. The first kappa shape index (κ1) is 69.9. The molecule has 0 spiro atoms. The Balaban J connectivity index is 0.000000125. The third kappa shape index (κ3) is 16.1. The van der Waals surface area contributed by atoms with Crippen molar-refractivity contribution in [3.05, 3.63) is 415 Å². The van der Waals surface area contributed by atoms with E-state index in [1.54, 1.807) is 0 Å². The zero-order chi connectivity index (χ0) is 74.3. The number of hydrogen-bond acceptors (Lipinski definition) is 3. The Labute approximate surface area is 641 Å². The third-order valence-corrected chi connectivity index (χ3v) is 20.5. The molecular weight excluding hydrogens is 1320 g/mol. The molecule has 0 N–H and O–H groups in total. The lowest BCUT2D eigenvalue weighted by Crippen LogP contribution is -1.92. The Bertz CT molecular complexity index is 6190. The first-order chi connectivity index (χ1) is 53.3. The van der Waals surface area contributed by atoms with Crippen LogP contribution >= 0.6 is 0 Å². The molecular formula is C106H83N3. The van der Waals surface area contributed by atoms with Crippen LogP contribution in [0.15, 0.2) is 376 Å². The predicted octanol–water partition coefficient (Wildman–Crippen LogP) is 28.9. The largest absolute Gasteiger partial charge is 0.248 e. The maximum absolute atomic E-state index is 5.11. The Hall–Kier alpha value is -13.5. The van der Waals surface area contributed by atoms with Gasteiger partial charge in [0.1, 0.15) is 0 Å². The summed E-state index contributed by atoms with van der Waals surface area (Å²) < 4.78 is 0.